The molecule has 2 aromatic heterocycles. The first-order chi connectivity index (χ1) is 13.8. The molecule has 8 nitrogen and oxygen atoms in total. The summed E-state index contributed by atoms with van der Waals surface area (Å²) in [5.74, 6) is 3.59. The van der Waals surface area contributed by atoms with Crippen LogP contribution in [0.4, 0.5) is 0 Å². The average molecular weight is 384 g/mol. The van der Waals surface area contributed by atoms with Gasteiger partial charge in [-0.25, -0.2) is 0 Å². The van der Waals surface area contributed by atoms with Crippen molar-refractivity contribution in [1.82, 2.24) is 29.8 Å². The van der Waals surface area contributed by atoms with E-state index in [9.17, 15) is 4.79 Å². The Balaban J connectivity index is 1.11. The Labute approximate surface area is 164 Å². The number of carbonyl (C=O) groups is 1. The fraction of sp³-hybridized carbons (Fsp3) is 0.750. The van der Waals surface area contributed by atoms with Gasteiger partial charge in [0.2, 0.25) is 11.8 Å². The summed E-state index contributed by atoms with van der Waals surface area (Å²) in [7, 11) is 0. The van der Waals surface area contributed by atoms with Crippen molar-refractivity contribution in [2.75, 3.05) is 13.1 Å². The van der Waals surface area contributed by atoms with Crippen molar-refractivity contribution in [1.29, 1.82) is 0 Å². The Morgan fingerprint density at radius 2 is 1.86 bits per heavy atom. The average Bonchev–Trinajstić information content (AvgIpc) is 3.15. The molecule has 28 heavy (non-hydrogen) atoms. The molecule has 0 aromatic carbocycles. The number of likely N-dealkylation sites (tertiary alicyclic amines) is 1. The minimum Gasteiger partial charge on any atom is -0.343 e. The van der Waals surface area contributed by atoms with Gasteiger partial charge in [0.15, 0.2) is 5.82 Å². The van der Waals surface area contributed by atoms with Crippen LogP contribution in [0.3, 0.4) is 0 Å². The molecule has 2 saturated carbocycles. The Morgan fingerprint density at radius 1 is 1.07 bits per heavy atom. The number of hydrogen-bond donors (Lipinski definition) is 0. The van der Waals surface area contributed by atoms with Crippen LogP contribution in [0.1, 0.15) is 93.2 Å². The highest BCUT2D eigenvalue weighted by atomic mass is 16.5. The minimum atomic E-state index is 0.183. The Morgan fingerprint density at radius 3 is 2.61 bits per heavy atom. The molecule has 0 radical (unpaired) electrons. The second-order valence-corrected chi connectivity index (χ2v) is 8.51. The number of amides is 1. The van der Waals surface area contributed by atoms with Crippen LogP contribution in [0.2, 0.25) is 0 Å². The molecule has 8 heteroatoms. The van der Waals surface area contributed by atoms with E-state index in [2.05, 4.69) is 24.9 Å². The van der Waals surface area contributed by atoms with Gasteiger partial charge in [0, 0.05) is 43.8 Å². The van der Waals surface area contributed by atoms with E-state index in [0.29, 0.717) is 36.6 Å². The van der Waals surface area contributed by atoms with Crippen LogP contribution in [0.5, 0.6) is 0 Å². The van der Waals surface area contributed by atoms with Crippen LogP contribution >= 0.6 is 0 Å². The molecule has 0 unspecified atom stereocenters. The van der Waals surface area contributed by atoms with E-state index in [0.717, 1.165) is 50.4 Å². The van der Waals surface area contributed by atoms with Gasteiger partial charge in [-0.05, 0) is 38.5 Å². The van der Waals surface area contributed by atoms with Crippen LogP contribution in [-0.4, -0.2) is 48.8 Å². The molecule has 2 aromatic rings. The third-order valence-corrected chi connectivity index (χ3v) is 6.51. The maximum atomic E-state index is 12.6. The Hall–Kier alpha value is -2.25. The van der Waals surface area contributed by atoms with Crippen molar-refractivity contribution >= 4 is 5.91 Å². The van der Waals surface area contributed by atoms with Gasteiger partial charge in [0.1, 0.15) is 12.2 Å². The summed E-state index contributed by atoms with van der Waals surface area (Å²) in [6, 6.07) is 0.605. The van der Waals surface area contributed by atoms with E-state index in [1.165, 1.54) is 25.7 Å². The molecule has 5 rings (SSSR count). The van der Waals surface area contributed by atoms with Crippen molar-refractivity contribution in [3.63, 3.8) is 0 Å². The molecule has 1 saturated heterocycles. The van der Waals surface area contributed by atoms with Crippen molar-refractivity contribution in [3.05, 3.63) is 23.9 Å². The monoisotopic (exact) mass is 384 g/mol. The first-order valence-electron chi connectivity index (χ1n) is 10.8. The molecular formula is C20H28N6O2. The smallest absolute Gasteiger partial charge is 0.227 e. The van der Waals surface area contributed by atoms with Crippen molar-refractivity contribution in [2.45, 2.75) is 82.1 Å². The summed E-state index contributed by atoms with van der Waals surface area (Å²) >= 11 is 0. The van der Waals surface area contributed by atoms with Gasteiger partial charge in [-0.3, -0.25) is 4.79 Å². The third kappa shape index (κ3) is 3.69. The van der Waals surface area contributed by atoms with Crippen LogP contribution in [0, 0.1) is 0 Å². The molecule has 3 heterocycles. The first-order valence-corrected chi connectivity index (χ1v) is 10.8. The van der Waals surface area contributed by atoms with E-state index in [-0.39, 0.29) is 5.91 Å². The predicted molar refractivity (Wildman–Crippen MR) is 101 cm³/mol. The first kappa shape index (κ1) is 17.8. The zero-order valence-corrected chi connectivity index (χ0v) is 16.3. The summed E-state index contributed by atoms with van der Waals surface area (Å²) in [6.45, 7) is 1.58. The molecule has 1 amide bonds. The number of piperidine rings is 1. The highest BCUT2D eigenvalue weighted by molar-refractivity contribution is 5.76. The lowest BCUT2D eigenvalue weighted by Crippen LogP contribution is -2.38. The highest BCUT2D eigenvalue weighted by Gasteiger charge is 2.32. The summed E-state index contributed by atoms with van der Waals surface area (Å²) in [6.07, 6.45) is 12.1. The lowest BCUT2D eigenvalue weighted by Gasteiger charge is -2.31. The van der Waals surface area contributed by atoms with E-state index < -0.39 is 0 Å². The molecule has 150 valence electrons. The van der Waals surface area contributed by atoms with Crippen LogP contribution < -0.4 is 0 Å². The van der Waals surface area contributed by atoms with E-state index in [4.69, 9.17) is 4.52 Å². The normalized spacial score (nSPS) is 21.5. The highest BCUT2D eigenvalue weighted by Crippen LogP contribution is 2.38. The molecule has 3 fully saturated rings. The lowest BCUT2D eigenvalue weighted by atomic mass is 9.95. The Bertz CT molecular complexity index is 812. The van der Waals surface area contributed by atoms with Gasteiger partial charge < -0.3 is 14.0 Å². The third-order valence-electron chi connectivity index (χ3n) is 6.51. The van der Waals surface area contributed by atoms with Gasteiger partial charge in [-0.2, -0.15) is 4.98 Å². The van der Waals surface area contributed by atoms with E-state index in [1.807, 2.05) is 11.2 Å². The van der Waals surface area contributed by atoms with Crippen LogP contribution in [0.15, 0.2) is 10.9 Å². The summed E-state index contributed by atoms with van der Waals surface area (Å²) in [5.41, 5.74) is 0. The standard InChI is InChI=1S/C20H28N6O2/c27-18(8-7-17-22-19(24-28-17)14-3-1-2-4-14)25-11-9-15(10-12-25)20-23-21-13-26(20)16-5-6-16/h13-16H,1-12H2. The van der Waals surface area contributed by atoms with Crippen LogP contribution in [-0.2, 0) is 11.2 Å². The maximum Gasteiger partial charge on any atom is 0.227 e. The van der Waals surface area contributed by atoms with Crippen molar-refractivity contribution in [3.8, 4) is 0 Å². The van der Waals surface area contributed by atoms with Crippen LogP contribution in [0.25, 0.3) is 0 Å². The zero-order valence-electron chi connectivity index (χ0n) is 16.3. The molecular weight excluding hydrogens is 356 g/mol. The number of carbonyl (C=O) groups excluding carboxylic acids is 1. The second-order valence-electron chi connectivity index (χ2n) is 8.51. The number of hydrogen-bond acceptors (Lipinski definition) is 6. The van der Waals surface area contributed by atoms with Gasteiger partial charge in [0.25, 0.3) is 0 Å². The molecule has 0 N–H and O–H groups in total. The Kier molecular flexibility index (Phi) is 4.86. The van der Waals surface area contributed by atoms with E-state index in [1.54, 1.807) is 0 Å². The number of nitrogens with zero attached hydrogens (tertiary/aromatic N) is 6. The molecule has 2 aliphatic carbocycles. The topological polar surface area (TPSA) is 89.9 Å². The van der Waals surface area contributed by atoms with Gasteiger partial charge in [0.05, 0.1) is 0 Å². The predicted octanol–water partition coefficient (Wildman–Crippen LogP) is 2.99. The number of rotatable bonds is 6. The maximum absolute atomic E-state index is 12.6. The lowest BCUT2D eigenvalue weighted by molar-refractivity contribution is -0.132. The molecule has 0 spiro atoms. The zero-order chi connectivity index (χ0) is 18.9. The van der Waals surface area contributed by atoms with Crippen molar-refractivity contribution in [2.24, 2.45) is 0 Å². The second kappa shape index (κ2) is 7.64. The van der Waals surface area contributed by atoms with Gasteiger partial charge >= 0.3 is 0 Å². The number of aromatic nitrogens is 5. The van der Waals surface area contributed by atoms with Gasteiger partial charge in [-0.15, -0.1) is 10.2 Å². The summed E-state index contributed by atoms with van der Waals surface area (Å²) < 4.78 is 7.62. The minimum absolute atomic E-state index is 0.183. The molecule has 0 bridgehead atoms. The molecule has 3 aliphatic rings. The fourth-order valence-electron chi connectivity index (χ4n) is 4.66. The largest absolute Gasteiger partial charge is 0.343 e. The fourth-order valence-corrected chi connectivity index (χ4v) is 4.66. The summed E-state index contributed by atoms with van der Waals surface area (Å²) in [5, 5.41) is 12.6. The molecule has 0 atom stereocenters. The van der Waals surface area contributed by atoms with Gasteiger partial charge in [-0.1, -0.05) is 18.0 Å². The number of aryl methyl sites for hydroxylation is 1. The van der Waals surface area contributed by atoms with E-state index >= 15 is 0 Å². The molecule has 1 aliphatic heterocycles. The quantitative estimate of drug-likeness (QED) is 0.760. The SMILES string of the molecule is O=C(CCc1nc(C2CCCC2)no1)N1CCC(c2nncn2C2CC2)CC1. The summed E-state index contributed by atoms with van der Waals surface area (Å²) in [4.78, 5) is 19.1. The van der Waals surface area contributed by atoms with Crippen molar-refractivity contribution < 1.29 is 9.32 Å².